The Labute approximate surface area is 187 Å². The molecule has 2 aliphatic heterocycles. The van der Waals surface area contributed by atoms with Gasteiger partial charge in [-0.15, -0.1) is 0 Å². The first-order valence-corrected chi connectivity index (χ1v) is 11.2. The molecule has 1 unspecified atom stereocenters. The Morgan fingerprint density at radius 1 is 1.31 bits per heavy atom. The van der Waals surface area contributed by atoms with Crippen LogP contribution in [0.1, 0.15) is 18.3 Å². The van der Waals surface area contributed by atoms with Crippen molar-refractivity contribution in [3.05, 3.63) is 42.4 Å². The number of para-hydroxylation sites is 1. The number of rotatable bonds is 7. The average Bonchev–Trinajstić information content (AvgIpc) is 3.52. The molecule has 3 aromatic rings. The number of H-pyrrole nitrogens is 1. The number of aldehydes is 1. The molecule has 0 spiro atoms. The smallest absolute Gasteiger partial charge is 0.223 e. The van der Waals surface area contributed by atoms with E-state index < -0.39 is 0 Å². The lowest BCUT2D eigenvalue weighted by atomic mass is 10.1. The normalized spacial score (nSPS) is 22.4. The van der Waals surface area contributed by atoms with Crippen molar-refractivity contribution in [1.82, 2.24) is 24.8 Å². The van der Waals surface area contributed by atoms with E-state index in [1.54, 1.807) is 7.11 Å². The number of fused-ring (bicyclic) bond motifs is 1. The lowest BCUT2D eigenvalue weighted by Gasteiger charge is -2.40. The van der Waals surface area contributed by atoms with E-state index >= 15 is 0 Å². The monoisotopic (exact) mass is 435 g/mol. The number of ether oxygens (including phenoxy) is 2. The van der Waals surface area contributed by atoms with Gasteiger partial charge in [-0.05, 0) is 24.5 Å². The number of hydrogen-bond donors (Lipinski definition) is 1. The highest BCUT2D eigenvalue weighted by molar-refractivity contribution is 5.85. The average molecular weight is 436 g/mol. The zero-order valence-corrected chi connectivity index (χ0v) is 18.4. The highest BCUT2D eigenvalue weighted by Gasteiger charge is 2.32. The van der Waals surface area contributed by atoms with Crippen molar-refractivity contribution in [2.45, 2.75) is 12.5 Å². The second-order valence-corrected chi connectivity index (χ2v) is 8.59. The molecule has 8 heteroatoms. The van der Waals surface area contributed by atoms with E-state index in [-0.39, 0.29) is 6.04 Å². The molecule has 2 saturated heterocycles. The molecule has 4 heterocycles. The van der Waals surface area contributed by atoms with Gasteiger partial charge in [0.05, 0.1) is 49.3 Å². The van der Waals surface area contributed by atoms with E-state index in [1.165, 1.54) is 0 Å². The predicted octanol–water partition coefficient (Wildman–Crippen LogP) is 2.53. The Hall–Kier alpha value is -2.81. The van der Waals surface area contributed by atoms with Crippen molar-refractivity contribution in [3.8, 4) is 17.1 Å². The van der Waals surface area contributed by atoms with Gasteiger partial charge in [0.15, 0.2) is 0 Å². The van der Waals surface area contributed by atoms with Crippen LogP contribution in [0.4, 0.5) is 0 Å². The first-order valence-electron chi connectivity index (χ1n) is 11.2. The van der Waals surface area contributed by atoms with Crippen LogP contribution >= 0.6 is 0 Å². The summed E-state index contributed by atoms with van der Waals surface area (Å²) in [6.45, 7) is 5.78. The molecule has 168 valence electrons. The van der Waals surface area contributed by atoms with Gasteiger partial charge in [-0.25, -0.2) is 9.97 Å². The molecule has 0 saturated carbocycles. The first-order chi connectivity index (χ1) is 15.7. The fourth-order valence-electron chi connectivity index (χ4n) is 4.80. The number of hydrogen-bond acceptors (Lipinski definition) is 7. The summed E-state index contributed by atoms with van der Waals surface area (Å²) in [5.41, 5.74) is 2.63. The molecule has 1 N–H and O–H groups in total. The van der Waals surface area contributed by atoms with Crippen molar-refractivity contribution in [2.75, 3.05) is 53.0 Å². The maximum atomic E-state index is 11.3. The number of imidazole rings is 1. The molecule has 0 radical (unpaired) electrons. The van der Waals surface area contributed by atoms with E-state index in [9.17, 15) is 4.79 Å². The van der Waals surface area contributed by atoms with Crippen molar-refractivity contribution in [2.24, 2.45) is 5.92 Å². The summed E-state index contributed by atoms with van der Waals surface area (Å²) in [7, 11) is 1.63. The third-order valence-electron chi connectivity index (χ3n) is 6.51. The minimum Gasteiger partial charge on any atom is -0.480 e. The third-order valence-corrected chi connectivity index (χ3v) is 6.51. The fraction of sp³-hybridized carbons (Fsp3) is 0.458. The lowest BCUT2D eigenvalue weighted by molar-refractivity contribution is -0.110. The molecule has 32 heavy (non-hydrogen) atoms. The van der Waals surface area contributed by atoms with Gasteiger partial charge in [-0.1, -0.05) is 18.2 Å². The van der Waals surface area contributed by atoms with E-state index in [2.05, 4.69) is 25.8 Å². The SMILES string of the molecule is COc1nc2ccccc2cc1-c1cnc([C@@H]2CN(CC3CCOC3)CCN2CC=O)[nH]1. The highest BCUT2D eigenvalue weighted by atomic mass is 16.5. The van der Waals surface area contributed by atoms with Crippen molar-refractivity contribution in [3.63, 3.8) is 0 Å². The van der Waals surface area contributed by atoms with E-state index in [0.29, 0.717) is 18.3 Å². The van der Waals surface area contributed by atoms with Crippen LogP contribution in [-0.4, -0.2) is 84.1 Å². The van der Waals surface area contributed by atoms with E-state index in [1.807, 2.05) is 30.5 Å². The first kappa shape index (κ1) is 21.1. The van der Waals surface area contributed by atoms with Gasteiger partial charge >= 0.3 is 0 Å². The topological polar surface area (TPSA) is 83.6 Å². The van der Waals surface area contributed by atoms with Crippen LogP contribution in [0.25, 0.3) is 22.2 Å². The Bertz CT molecular complexity index is 1080. The third kappa shape index (κ3) is 4.26. The molecule has 0 amide bonds. The summed E-state index contributed by atoms with van der Waals surface area (Å²) in [6, 6.07) is 10.1. The minimum atomic E-state index is 0.0319. The second kappa shape index (κ2) is 9.36. The number of methoxy groups -OCH3 is 1. The summed E-state index contributed by atoms with van der Waals surface area (Å²) in [4.78, 5) is 28.9. The summed E-state index contributed by atoms with van der Waals surface area (Å²) >= 11 is 0. The maximum absolute atomic E-state index is 11.3. The number of carbonyl (C=O) groups is 1. The molecule has 0 bridgehead atoms. The molecule has 8 nitrogen and oxygen atoms in total. The van der Waals surface area contributed by atoms with Gasteiger partial charge in [0.25, 0.3) is 0 Å². The van der Waals surface area contributed by atoms with Crippen LogP contribution in [0.5, 0.6) is 5.88 Å². The van der Waals surface area contributed by atoms with Gasteiger partial charge in [0.1, 0.15) is 12.1 Å². The summed E-state index contributed by atoms with van der Waals surface area (Å²) < 4.78 is 11.1. The Morgan fingerprint density at radius 3 is 3.03 bits per heavy atom. The number of aromatic amines is 1. The predicted molar refractivity (Wildman–Crippen MR) is 122 cm³/mol. The number of piperazine rings is 1. The number of nitrogens with zero attached hydrogens (tertiary/aromatic N) is 4. The van der Waals surface area contributed by atoms with Crippen LogP contribution in [0.3, 0.4) is 0 Å². The summed E-state index contributed by atoms with van der Waals surface area (Å²) in [6.07, 6.45) is 3.94. The molecular formula is C24H29N5O3. The number of benzene rings is 1. The molecule has 1 aromatic carbocycles. The Kier molecular flexibility index (Phi) is 6.16. The maximum Gasteiger partial charge on any atom is 0.223 e. The summed E-state index contributed by atoms with van der Waals surface area (Å²) in [5.74, 6) is 2.02. The Morgan fingerprint density at radius 2 is 2.22 bits per heavy atom. The fourth-order valence-corrected chi connectivity index (χ4v) is 4.80. The number of nitrogens with one attached hydrogen (secondary N) is 1. The molecule has 2 atom stereocenters. The summed E-state index contributed by atoms with van der Waals surface area (Å²) in [5, 5.41) is 1.05. The number of aromatic nitrogens is 3. The van der Waals surface area contributed by atoms with Crippen molar-refractivity contribution in [1.29, 1.82) is 0 Å². The standard InChI is InChI=1S/C24H29N5O3/c1-31-24-19(12-18-4-2-3-5-20(18)27-24)21-13-25-23(26-21)22-15-28(7-8-29(22)9-10-30)14-17-6-11-32-16-17/h2-5,10,12-13,17,22H,6-9,11,14-16H2,1H3,(H,25,26)/t17?,22-/m0/s1. The van der Waals surface area contributed by atoms with Crippen LogP contribution < -0.4 is 4.74 Å². The van der Waals surface area contributed by atoms with Gasteiger partial charge in [0, 0.05) is 38.2 Å². The molecule has 2 aromatic heterocycles. The quantitative estimate of drug-likeness (QED) is 0.571. The Balaban J connectivity index is 1.42. The van der Waals surface area contributed by atoms with Gasteiger partial charge in [-0.2, -0.15) is 0 Å². The largest absolute Gasteiger partial charge is 0.480 e. The molecule has 2 fully saturated rings. The van der Waals surface area contributed by atoms with Crippen molar-refractivity contribution < 1.29 is 14.3 Å². The molecule has 2 aliphatic rings. The number of carbonyl (C=O) groups excluding carboxylic acids is 1. The highest BCUT2D eigenvalue weighted by Crippen LogP contribution is 2.32. The molecule has 0 aliphatic carbocycles. The van der Waals surface area contributed by atoms with Gasteiger partial charge < -0.3 is 19.3 Å². The van der Waals surface area contributed by atoms with Crippen LogP contribution in [0.2, 0.25) is 0 Å². The second-order valence-electron chi connectivity index (χ2n) is 8.59. The van der Waals surface area contributed by atoms with Crippen LogP contribution in [0.15, 0.2) is 36.5 Å². The van der Waals surface area contributed by atoms with E-state index in [4.69, 9.17) is 14.5 Å². The van der Waals surface area contributed by atoms with Crippen molar-refractivity contribution >= 4 is 17.2 Å². The van der Waals surface area contributed by atoms with Gasteiger partial charge in [-0.3, -0.25) is 9.80 Å². The number of pyridine rings is 1. The molecule has 5 rings (SSSR count). The zero-order valence-electron chi connectivity index (χ0n) is 18.4. The van der Waals surface area contributed by atoms with Crippen LogP contribution in [0, 0.1) is 5.92 Å². The van der Waals surface area contributed by atoms with Crippen LogP contribution in [-0.2, 0) is 9.53 Å². The van der Waals surface area contributed by atoms with Gasteiger partial charge in [0.2, 0.25) is 5.88 Å². The lowest BCUT2D eigenvalue weighted by Crippen LogP contribution is -2.50. The van der Waals surface area contributed by atoms with E-state index in [0.717, 1.165) is 80.1 Å². The zero-order chi connectivity index (χ0) is 21.9. The molecular weight excluding hydrogens is 406 g/mol. The minimum absolute atomic E-state index is 0.0319.